The molecule has 0 aliphatic carbocycles. The number of nitrogens with zero attached hydrogens (tertiary/aromatic N) is 1. The maximum atomic E-state index is 13.8. The summed E-state index contributed by atoms with van der Waals surface area (Å²) in [5.41, 5.74) is 0.395. The molecule has 104 valence electrons. The first kappa shape index (κ1) is 13.1. The fourth-order valence-electron chi connectivity index (χ4n) is 2.00. The smallest absolute Gasteiger partial charge is 0.358 e. The molecule has 1 aromatic heterocycles. The molecule has 0 unspecified atom stereocenters. The van der Waals surface area contributed by atoms with Gasteiger partial charge in [0.2, 0.25) is 5.89 Å². The molecule has 0 radical (unpaired) electrons. The summed E-state index contributed by atoms with van der Waals surface area (Å²) in [7, 11) is 0. The normalized spacial score (nSPS) is 10.5. The van der Waals surface area contributed by atoms with Crippen LogP contribution in [0.4, 0.5) is 4.39 Å². The highest BCUT2D eigenvalue weighted by Crippen LogP contribution is 2.31. The van der Waals surface area contributed by atoms with E-state index in [0.29, 0.717) is 5.56 Å². The lowest BCUT2D eigenvalue weighted by Gasteiger charge is -1.99. The molecule has 0 bridgehead atoms. The van der Waals surface area contributed by atoms with Crippen LogP contribution in [-0.2, 0) is 0 Å². The van der Waals surface area contributed by atoms with Gasteiger partial charge >= 0.3 is 5.97 Å². The number of aromatic nitrogens is 1. The number of halogens is 1. The van der Waals surface area contributed by atoms with Crippen molar-refractivity contribution in [1.29, 1.82) is 0 Å². The van der Waals surface area contributed by atoms with Gasteiger partial charge < -0.3 is 9.52 Å². The van der Waals surface area contributed by atoms with Crippen LogP contribution in [0.5, 0.6) is 0 Å². The molecule has 0 saturated heterocycles. The summed E-state index contributed by atoms with van der Waals surface area (Å²) in [6.45, 7) is 0. The summed E-state index contributed by atoms with van der Waals surface area (Å²) >= 11 is 0. The molecular weight excluding hydrogens is 273 g/mol. The molecule has 0 aliphatic heterocycles. The second kappa shape index (κ2) is 5.20. The third kappa shape index (κ3) is 2.41. The van der Waals surface area contributed by atoms with E-state index in [4.69, 9.17) is 4.42 Å². The molecule has 3 rings (SSSR count). The number of aromatic carboxylic acids is 1. The van der Waals surface area contributed by atoms with Crippen molar-refractivity contribution >= 4 is 5.97 Å². The topological polar surface area (TPSA) is 63.3 Å². The molecule has 1 N–H and O–H groups in total. The minimum absolute atomic E-state index is 0.0737. The maximum Gasteiger partial charge on any atom is 0.358 e. The molecule has 0 aliphatic rings. The van der Waals surface area contributed by atoms with E-state index >= 15 is 0 Å². The van der Waals surface area contributed by atoms with Gasteiger partial charge in [0, 0.05) is 5.56 Å². The first-order chi connectivity index (χ1) is 10.2. The Labute approximate surface area is 119 Å². The SMILES string of the molecule is O=C(O)c1nc(-c2ccccc2)oc1-c1ccccc1F. The first-order valence-corrected chi connectivity index (χ1v) is 6.21. The standard InChI is InChI=1S/C16H10FNO3/c17-12-9-5-4-8-11(12)14-13(16(19)20)18-15(21-14)10-6-2-1-3-7-10/h1-9H,(H,19,20). The monoisotopic (exact) mass is 283 g/mol. The number of carbonyl (C=O) groups is 1. The predicted molar refractivity (Wildman–Crippen MR) is 74.3 cm³/mol. The van der Waals surface area contributed by atoms with Gasteiger partial charge in [-0.2, -0.15) is 0 Å². The molecule has 21 heavy (non-hydrogen) atoms. The lowest BCUT2D eigenvalue weighted by molar-refractivity contribution is 0.0691. The molecule has 0 saturated carbocycles. The van der Waals surface area contributed by atoms with E-state index in [2.05, 4.69) is 4.98 Å². The van der Waals surface area contributed by atoms with E-state index in [-0.39, 0.29) is 22.9 Å². The minimum atomic E-state index is -1.26. The van der Waals surface area contributed by atoms with Gasteiger partial charge in [-0.3, -0.25) is 0 Å². The van der Waals surface area contributed by atoms with Crippen molar-refractivity contribution in [3.8, 4) is 22.8 Å². The molecule has 2 aromatic carbocycles. The van der Waals surface area contributed by atoms with E-state index in [1.54, 1.807) is 30.3 Å². The Morgan fingerprint density at radius 2 is 1.71 bits per heavy atom. The average molecular weight is 283 g/mol. The number of rotatable bonds is 3. The van der Waals surface area contributed by atoms with Crippen LogP contribution in [0.25, 0.3) is 22.8 Å². The number of benzene rings is 2. The molecule has 0 spiro atoms. The third-order valence-electron chi connectivity index (χ3n) is 2.97. The predicted octanol–water partition coefficient (Wildman–Crippen LogP) is 3.85. The average Bonchev–Trinajstić information content (AvgIpc) is 2.94. The highest BCUT2D eigenvalue weighted by atomic mass is 19.1. The quantitative estimate of drug-likeness (QED) is 0.793. The van der Waals surface area contributed by atoms with Crippen LogP contribution in [0, 0.1) is 5.82 Å². The van der Waals surface area contributed by atoms with Crippen LogP contribution < -0.4 is 0 Å². The van der Waals surface area contributed by atoms with Crippen molar-refractivity contribution in [2.24, 2.45) is 0 Å². The molecular formula is C16H10FNO3. The fourth-order valence-corrected chi connectivity index (χ4v) is 2.00. The van der Waals surface area contributed by atoms with Crippen LogP contribution in [0.1, 0.15) is 10.5 Å². The molecule has 0 fully saturated rings. The number of carboxylic acid groups (broad SMARTS) is 1. The number of carboxylic acids is 1. The van der Waals surface area contributed by atoms with Gasteiger partial charge in [0.1, 0.15) is 5.82 Å². The zero-order chi connectivity index (χ0) is 14.8. The zero-order valence-corrected chi connectivity index (χ0v) is 10.8. The van der Waals surface area contributed by atoms with E-state index < -0.39 is 11.8 Å². The van der Waals surface area contributed by atoms with Crippen molar-refractivity contribution in [3.05, 3.63) is 66.1 Å². The second-order valence-corrected chi connectivity index (χ2v) is 4.35. The Morgan fingerprint density at radius 3 is 2.38 bits per heavy atom. The van der Waals surface area contributed by atoms with Gasteiger partial charge in [0.05, 0.1) is 5.56 Å². The number of hydrogen-bond donors (Lipinski definition) is 1. The lowest BCUT2D eigenvalue weighted by atomic mass is 10.1. The summed E-state index contributed by atoms with van der Waals surface area (Å²) in [5.74, 6) is -1.76. The molecule has 4 nitrogen and oxygen atoms in total. The Balaban J connectivity index is 2.19. The van der Waals surface area contributed by atoms with E-state index in [0.717, 1.165) is 0 Å². The molecule has 5 heteroatoms. The van der Waals surface area contributed by atoms with Gasteiger partial charge in [0.25, 0.3) is 0 Å². The molecule has 3 aromatic rings. The zero-order valence-electron chi connectivity index (χ0n) is 10.8. The van der Waals surface area contributed by atoms with Gasteiger partial charge in [-0.1, -0.05) is 30.3 Å². The van der Waals surface area contributed by atoms with Crippen molar-refractivity contribution in [2.45, 2.75) is 0 Å². The van der Waals surface area contributed by atoms with Crippen molar-refractivity contribution < 1.29 is 18.7 Å². The lowest BCUT2D eigenvalue weighted by Crippen LogP contribution is -1.99. The van der Waals surface area contributed by atoms with Crippen LogP contribution >= 0.6 is 0 Å². The highest BCUT2D eigenvalue weighted by molar-refractivity contribution is 5.93. The Morgan fingerprint density at radius 1 is 1.05 bits per heavy atom. The fraction of sp³-hybridized carbons (Fsp3) is 0. The van der Waals surface area contributed by atoms with E-state index in [9.17, 15) is 14.3 Å². The van der Waals surface area contributed by atoms with Gasteiger partial charge in [-0.15, -0.1) is 0 Å². The molecule has 1 heterocycles. The first-order valence-electron chi connectivity index (χ1n) is 6.21. The van der Waals surface area contributed by atoms with Crippen molar-refractivity contribution in [1.82, 2.24) is 4.98 Å². The Bertz CT molecular complexity index is 796. The summed E-state index contributed by atoms with van der Waals surface area (Å²) in [6, 6.07) is 14.7. The third-order valence-corrected chi connectivity index (χ3v) is 2.97. The summed E-state index contributed by atoms with van der Waals surface area (Å²) in [5, 5.41) is 9.23. The highest BCUT2D eigenvalue weighted by Gasteiger charge is 2.23. The number of oxazole rings is 1. The number of hydrogen-bond acceptors (Lipinski definition) is 3. The molecule has 0 atom stereocenters. The Kier molecular flexibility index (Phi) is 3.23. The van der Waals surface area contributed by atoms with Crippen LogP contribution in [0.3, 0.4) is 0 Å². The summed E-state index contributed by atoms with van der Waals surface area (Å²) in [6.07, 6.45) is 0. The van der Waals surface area contributed by atoms with Crippen LogP contribution in [-0.4, -0.2) is 16.1 Å². The van der Waals surface area contributed by atoms with E-state index in [1.807, 2.05) is 6.07 Å². The Hall–Kier alpha value is -2.95. The summed E-state index contributed by atoms with van der Waals surface area (Å²) < 4.78 is 19.3. The van der Waals surface area contributed by atoms with Crippen LogP contribution in [0.15, 0.2) is 59.0 Å². The van der Waals surface area contributed by atoms with Crippen molar-refractivity contribution in [3.63, 3.8) is 0 Å². The van der Waals surface area contributed by atoms with Gasteiger partial charge in [0.15, 0.2) is 11.5 Å². The van der Waals surface area contributed by atoms with E-state index in [1.165, 1.54) is 18.2 Å². The maximum absolute atomic E-state index is 13.8. The molecule has 0 amide bonds. The second-order valence-electron chi connectivity index (χ2n) is 4.35. The van der Waals surface area contributed by atoms with Gasteiger partial charge in [-0.25, -0.2) is 14.2 Å². The minimum Gasteiger partial charge on any atom is -0.476 e. The van der Waals surface area contributed by atoms with Crippen LogP contribution in [0.2, 0.25) is 0 Å². The van der Waals surface area contributed by atoms with Gasteiger partial charge in [-0.05, 0) is 24.3 Å². The van der Waals surface area contributed by atoms with Crippen molar-refractivity contribution in [2.75, 3.05) is 0 Å². The summed E-state index contributed by atoms with van der Waals surface area (Å²) in [4.78, 5) is 15.3. The largest absolute Gasteiger partial charge is 0.476 e.